The standard InChI is InChI=1S/C19H19N5O4S/c25-17(15-4-2-8-28-15)21-19-20-11-5-6-24(10-16(11)29-19)18(26)13-9-12(22-23-13)14-3-1-7-27-14/h1,3,7,9,15H,2,4-6,8,10H2,(H,22,23)(H,20,21,25). The summed E-state index contributed by atoms with van der Waals surface area (Å²) in [7, 11) is 0. The SMILES string of the molecule is O=C(Nc1nc2c(s1)CN(C(=O)c1cc(-c3ccco3)[nH]n1)CC2)C1CCCO1. The second-order valence-electron chi connectivity index (χ2n) is 7.00. The molecule has 5 heterocycles. The van der Waals surface area contributed by atoms with Crippen molar-refractivity contribution in [1.29, 1.82) is 0 Å². The smallest absolute Gasteiger partial charge is 0.274 e. The Bertz CT molecular complexity index is 1040. The average Bonchev–Trinajstić information content (AvgIpc) is 3.53. The molecule has 0 spiro atoms. The minimum absolute atomic E-state index is 0.150. The number of ether oxygens (including phenoxy) is 1. The first kappa shape index (κ1) is 18.1. The van der Waals surface area contributed by atoms with Gasteiger partial charge in [0.25, 0.3) is 11.8 Å². The van der Waals surface area contributed by atoms with Crippen LogP contribution in [-0.2, 0) is 22.5 Å². The van der Waals surface area contributed by atoms with Gasteiger partial charge >= 0.3 is 0 Å². The minimum Gasteiger partial charge on any atom is -0.463 e. The number of nitrogens with zero attached hydrogens (tertiary/aromatic N) is 3. The number of anilines is 1. The largest absolute Gasteiger partial charge is 0.463 e. The van der Waals surface area contributed by atoms with Crippen molar-refractivity contribution in [3.63, 3.8) is 0 Å². The van der Waals surface area contributed by atoms with Crippen LogP contribution in [0.1, 0.15) is 33.9 Å². The molecule has 9 nitrogen and oxygen atoms in total. The average molecular weight is 413 g/mol. The van der Waals surface area contributed by atoms with E-state index in [0.29, 0.717) is 48.4 Å². The quantitative estimate of drug-likeness (QED) is 0.679. The molecular formula is C19H19N5O4S. The van der Waals surface area contributed by atoms with E-state index < -0.39 is 6.10 Å². The topological polar surface area (TPSA) is 113 Å². The molecule has 0 aromatic carbocycles. The Morgan fingerprint density at radius 2 is 2.31 bits per heavy atom. The lowest BCUT2D eigenvalue weighted by atomic mass is 10.1. The predicted octanol–water partition coefficient (Wildman–Crippen LogP) is 2.44. The first-order chi connectivity index (χ1) is 14.2. The van der Waals surface area contributed by atoms with E-state index in [4.69, 9.17) is 9.15 Å². The van der Waals surface area contributed by atoms with Crippen LogP contribution in [0.5, 0.6) is 0 Å². The van der Waals surface area contributed by atoms with E-state index in [-0.39, 0.29) is 11.8 Å². The highest BCUT2D eigenvalue weighted by Gasteiger charge is 2.28. The van der Waals surface area contributed by atoms with Crippen molar-refractivity contribution in [2.75, 3.05) is 18.5 Å². The molecule has 0 bridgehead atoms. The van der Waals surface area contributed by atoms with Crippen LogP contribution >= 0.6 is 11.3 Å². The van der Waals surface area contributed by atoms with Gasteiger partial charge in [-0.3, -0.25) is 20.0 Å². The number of rotatable bonds is 4. The molecule has 2 aliphatic heterocycles. The summed E-state index contributed by atoms with van der Waals surface area (Å²) in [6.07, 6.45) is 3.46. The zero-order valence-electron chi connectivity index (χ0n) is 15.5. The first-order valence-electron chi connectivity index (χ1n) is 9.47. The van der Waals surface area contributed by atoms with Gasteiger partial charge in [0.1, 0.15) is 11.8 Å². The normalized spacial score (nSPS) is 18.6. The number of carbonyl (C=O) groups excluding carboxylic acids is 2. The number of H-pyrrole nitrogens is 1. The lowest BCUT2D eigenvalue weighted by Gasteiger charge is -2.25. The molecule has 1 fully saturated rings. The van der Waals surface area contributed by atoms with E-state index in [9.17, 15) is 9.59 Å². The van der Waals surface area contributed by atoms with Crippen LogP contribution in [0, 0.1) is 0 Å². The van der Waals surface area contributed by atoms with E-state index in [1.165, 1.54) is 11.3 Å². The van der Waals surface area contributed by atoms with Gasteiger partial charge in [0.15, 0.2) is 16.6 Å². The van der Waals surface area contributed by atoms with Crippen LogP contribution in [0.4, 0.5) is 5.13 Å². The maximum absolute atomic E-state index is 12.9. The zero-order chi connectivity index (χ0) is 19.8. The van der Waals surface area contributed by atoms with Crippen molar-refractivity contribution >= 4 is 28.3 Å². The van der Waals surface area contributed by atoms with Gasteiger partial charge in [-0.15, -0.1) is 0 Å². The van der Waals surface area contributed by atoms with E-state index in [0.717, 1.165) is 23.4 Å². The summed E-state index contributed by atoms with van der Waals surface area (Å²) in [4.78, 5) is 32.3. The van der Waals surface area contributed by atoms with Gasteiger partial charge in [-0.25, -0.2) is 4.98 Å². The summed E-state index contributed by atoms with van der Waals surface area (Å²) in [5.74, 6) is 0.332. The molecule has 2 aliphatic rings. The maximum atomic E-state index is 12.9. The summed E-state index contributed by atoms with van der Waals surface area (Å²) in [6.45, 7) is 1.63. The van der Waals surface area contributed by atoms with Gasteiger partial charge in [0.05, 0.1) is 18.5 Å². The third kappa shape index (κ3) is 3.56. The predicted molar refractivity (Wildman–Crippen MR) is 104 cm³/mol. The zero-order valence-corrected chi connectivity index (χ0v) is 16.3. The van der Waals surface area contributed by atoms with E-state index in [1.54, 1.807) is 29.4 Å². The highest BCUT2D eigenvalue weighted by atomic mass is 32.1. The maximum Gasteiger partial charge on any atom is 0.274 e. The van der Waals surface area contributed by atoms with Crippen molar-refractivity contribution in [2.45, 2.75) is 31.9 Å². The Morgan fingerprint density at radius 3 is 3.10 bits per heavy atom. The number of fused-ring (bicyclic) bond motifs is 1. The fourth-order valence-corrected chi connectivity index (χ4v) is 4.57. The molecule has 1 unspecified atom stereocenters. The van der Waals surface area contributed by atoms with Gasteiger partial charge in [-0.05, 0) is 25.0 Å². The summed E-state index contributed by atoms with van der Waals surface area (Å²) < 4.78 is 10.7. The van der Waals surface area contributed by atoms with Gasteiger partial charge in [-0.2, -0.15) is 5.10 Å². The van der Waals surface area contributed by atoms with Gasteiger partial charge in [-0.1, -0.05) is 11.3 Å². The number of hydrogen-bond acceptors (Lipinski definition) is 7. The summed E-state index contributed by atoms with van der Waals surface area (Å²) >= 11 is 1.41. The van der Waals surface area contributed by atoms with E-state index in [2.05, 4.69) is 20.5 Å². The molecule has 3 aromatic heterocycles. The van der Waals surface area contributed by atoms with Crippen molar-refractivity contribution in [2.24, 2.45) is 0 Å². The first-order valence-corrected chi connectivity index (χ1v) is 10.3. The summed E-state index contributed by atoms with van der Waals surface area (Å²) in [6, 6.07) is 5.28. The Labute approximate surface area is 170 Å². The number of carbonyl (C=O) groups is 2. The Morgan fingerprint density at radius 1 is 1.38 bits per heavy atom. The lowest BCUT2D eigenvalue weighted by Crippen LogP contribution is -2.35. The second-order valence-corrected chi connectivity index (χ2v) is 8.08. The van der Waals surface area contributed by atoms with Crippen LogP contribution < -0.4 is 5.32 Å². The highest BCUT2D eigenvalue weighted by molar-refractivity contribution is 7.15. The lowest BCUT2D eigenvalue weighted by molar-refractivity contribution is -0.124. The number of hydrogen-bond donors (Lipinski definition) is 2. The van der Waals surface area contributed by atoms with Crippen LogP contribution in [0.2, 0.25) is 0 Å². The number of aromatic amines is 1. The molecular weight excluding hydrogens is 394 g/mol. The third-order valence-corrected chi connectivity index (χ3v) is 6.05. The third-order valence-electron chi connectivity index (χ3n) is 5.05. The van der Waals surface area contributed by atoms with Crippen molar-refractivity contribution in [3.8, 4) is 11.5 Å². The molecule has 150 valence electrons. The van der Waals surface area contributed by atoms with Crippen molar-refractivity contribution in [1.82, 2.24) is 20.1 Å². The minimum atomic E-state index is -0.392. The molecule has 10 heteroatoms. The van der Waals surface area contributed by atoms with Crippen molar-refractivity contribution in [3.05, 3.63) is 40.7 Å². The fourth-order valence-electron chi connectivity index (χ4n) is 3.54. The molecule has 3 aromatic rings. The Balaban J connectivity index is 1.26. The van der Waals surface area contributed by atoms with E-state index in [1.807, 2.05) is 0 Å². The second kappa shape index (κ2) is 7.45. The molecule has 0 radical (unpaired) electrons. The van der Waals surface area contributed by atoms with Crippen LogP contribution in [-0.4, -0.2) is 51.2 Å². The Kier molecular flexibility index (Phi) is 4.64. The highest BCUT2D eigenvalue weighted by Crippen LogP contribution is 2.30. The number of furan rings is 1. The van der Waals surface area contributed by atoms with Crippen LogP contribution in [0.15, 0.2) is 28.9 Å². The number of amides is 2. The van der Waals surface area contributed by atoms with Gasteiger partial charge in [0, 0.05) is 30.5 Å². The van der Waals surface area contributed by atoms with Crippen molar-refractivity contribution < 1.29 is 18.7 Å². The molecule has 5 rings (SSSR count). The molecule has 2 amide bonds. The number of thiazole rings is 1. The molecule has 2 N–H and O–H groups in total. The molecule has 1 atom stereocenters. The van der Waals surface area contributed by atoms with Crippen LogP contribution in [0.25, 0.3) is 11.5 Å². The Hall–Kier alpha value is -2.98. The molecule has 0 aliphatic carbocycles. The molecule has 29 heavy (non-hydrogen) atoms. The summed E-state index contributed by atoms with van der Waals surface area (Å²) in [5, 5.41) is 10.4. The van der Waals surface area contributed by atoms with E-state index >= 15 is 0 Å². The van der Waals surface area contributed by atoms with Crippen LogP contribution in [0.3, 0.4) is 0 Å². The monoisotopic (exact) mass is 413 g/mol. The number of aromatic nitrogens is 3. The number of nitrogens with one attached hydrogen (secondary N) is 2. The molecule has 0 saturated carbocycles. The fraction of sp³-hybridized carbons (Fsp3) is 0.368. The molecule has 1 saturated heterocycles. The van der Waals surface area contributed by atoms with Gasteiger partial charge < -0.3 is 14.1 Å². The van der Waals surface area contributed by atoms with Gasteiger partial charge in [0.2, 0.25) is 0 Å². The summed E-state index contributed by atoms with van der Waals surface area (Å²) in [5.41, 5.74) is 1.93.